The molecule has 1 N–H and O–H groups in total. The summed E-state index contributed by atoms with van der Waals surface area (Å²) in [7, 11) is 0. The van der Waals surface area contributed by atoms with Crippen LogP contribution in [0.25, 0.3) is 5.65 Å². The molecule has 1 aliphatic rings. The van der Waals surface area contributed by atoms with Gasteiger partial charge in [-0.1, -0.05) is 29.8 Å². The zero-order valence-electron chi connectivity index (χ0n) is 16.7. The number of aryl methyl sites for hydroxylation is 3. The van der Waals surface area contributed by atoms with Crippen molar-refractivity contribution in [2.45, 2.75) is 46.1 Å². The molecule has 0 saturated carbocycles. The van der Waals surface area contributed by atoms with Crippen LogP contribution in [0.4, 0.5) is 0 Å². The fourth-order valence-corrected chi connectivity index (χ4v) is 3.74. The summed E-state index contributed by atoms with van der Waals surface area (Å²) in [4.78, 5) is 17.4. The molecular formula is C22H26N4O2. The van der Waals surface area contributed by atoms with Crippen molar-refractivity contribution in [2.24, 2.45) is 0 Å². The lowest BCUT2D eigenvalue weighted by atomic mass is 10.0. The van der Waals surface area contributed by atoms with Gasteiger partial charge in [-0.15, -0.1) is 0 Å². The average Bonchev–Trinajstić information content (AvgIpc) is 3.34. The number of nitrogens with one attached hydrogen (secondary N) is 1. The van der Waals surface area contributed by atoms with Gasteiger partial charge in [-0.2, -0.15) is 5.10 Å². The second-order valence-corrected chi connectivity index (χ2v) is 7.56. The van der Waals surface area contributed by atoms with Crippen molar-refractivity contribution < 1.29 is 9.53 Å². The Hall–Kier alpha value is -2.73. The predicted molar refractivity (Wildman–Crippen MR) is 108 cm³/mol. The first-order valence-corrected chi connectivity index (χ1v) is 9.82. The number of carbonyl (C=O) groups excluding carboxylic acids is 1. The maximum absolute atomic E-state index is 12.6. The number of rotatable bonds is 5. The summed E-state index contributed by atoms with van der Waals surface area (Å²) in [5, 5.41) is 7.40. The van der Waals surface area contributed by atoms with Crippen LogP contribution in [0.1, 0.15) is 51.3 Å². The van der Waals surface area contributed by atoms with Gasteiger partial charge in [-0.25, -0.2) is 9.50 Å². The summed E-state index contributed by atoms with van der Waals surface area (Å²) < 4.78 is 7.35. The Bertz CT molecular complexity index is 1000. The molecule has 0 aliphatic carbocycles. The molecule has 0 radical (unpaired) electrons. The quantitative estimate of drug-likeness (QED) is 0.740. The van der Waals surface area contributed by atoms with Crippen molar-refractivity contribution in [1.29, 1.82) is 0 Å². The third-order valence-electron chi connectivity index (χ3n) is 5.47. The van der Waals surface area contributed by atoms with E-state index < -0.39 is 0 Å². The Morgan fingerprint density at radius 2 is 2.04 bits per heavy atom. The van der Waals surface area contributed by atoms with Gasteiger partial charge in [0.25, 0.3) is 5.91 Å². The molecular weight excluding hydrogens is 352 g/mol. The lowest BCUT2D eigenvalue weighted by molar-refractivity contribution is 0.0859. The van der Waals surface area contributed by atoms with E-state index in [4.69, 9.17) is 9.72 Å². The Morgan fingerprint density at radius 1 is 1.25 bits per heavy atom. The van der Waals surface area contributed by atoms with E-state index in [-0.39, 0.29) is 12.0 Å². The summed E-state index contributed by atoms with van der Waals surface area (Å²) in [6.07, 6.45) is 4.56. The zero-order valence-corrected chi connectivity index (χ0v) is 16.7. The van der Waals surface area contributed by atoms with Crippen molar-refractivity contribution in [3.05, 3.63) is 64.1 Å². The number of ether oxygens (including phenoxy) is 1. The van der Waals surface area contributed by atoms with Crippen LogP contribution in [-0.2, 0) is 11.2 Å². The van der Waals surface area contributed by atoms with Crippen LogP contribution < -0.4 is 5.32 Å². The van der Waals surface area contributed by atoms with E-state index in [2.05, 4.69) is 41.6 Å². The van der Waals surface area contributed by atoms with E-state index in [9.17, 15) is 4.79 Å². The van der Waals surface area contributed by atoms with Gasteiger partial charge in [-0.3, -0.25) is 4.79 Å². The van der Waals surface area contributed by atoms with Crippen LogP contribution in [0, 0.1) is 20.8 Å². The molecule has 1 aliphatic heterocycles. The van der Waals surface area contributed by atoms with Crippen molar-refractivity contribution in [1.82, 2.24) is 19.9 Å². The third kappa shape index (κ3) is 3.64. The highest BCUT2D eigenvalue weighted by atomic mass is 16.5. The Balaban J connectivity index is 1.59. The minimum absolute atomic E-state index is 0.114. The molecule has 1 aromatic carbocycles. The van der Waals surface area contributed by atoms with Gasteiger partial charge < -0.3 is 10.1 Å². The fraction of sp³-hybridized carbons (Fsp3) is 0.409. The first-order valence-electron chi connectivity index (χ1n) is 9.82. The normalized spacial score (nSPS) is 16.6. The molecule has 28 heavy (non-hydrogen) atoms. The monoisotopic (exact) mass is 378 g/mol. The first kappa shape index (κ1) is 18.6. The van der Waals surface area contributed by atoms with E-state index in [1.807, 2.05) is 13.8 Å². The van der Waals surface area contributed by atoms with Gasteiger partial charge in [0.2, 0.25) is 0 Å². The molecule has 1 saturated heterocycles. The summed E-state index contributed by atoms with van der Waals surface area (Å²) >= 11 is 0. The van der Waals surface area contributed by atoms with E-state index >= 15 is 0 Å². The van der Waals surface area contributed by atoms with Crippen LogP contribution in [0.3, 0.4) is 0 Å². The van der Waals surface area contributed by atoms with Gasteiger partial charge in [0.15, 0.2) is 5.65 Å². The van der Waals surface area contributed by atoms with E-state index in [1.165, 1.54) is 11.1 Å². The lowest BCUT2D eigenvalue weighted by Crippen LogP contribution is -2.31. The minimum Gasteiger partial charge on any atom is -0.376 e. The van der Waals surface area contributed by atoms with Crippen LogP contribution in [0.2, 0.25) is 0 Å². The van der Waals surface area contributed by atoms with Crippen molar-refractivity contribution in [3.8, 4) is 0 Å². The number of hydrogen-bond donors (Lipinski definition) is 1. The van der Waals surface area contributed by atoms with Crippen LogP contribution in [0.15, 0.2) is 30.5 Å². The lowest BCUT2D eigenvalue weighted by Gasteiger charge is -2.13. The molecule has 0 spiro atoms. The molecule has 1 atom stereocenters. The molecule has 3 aromatic rings. The van der Waals surface area contributed by atoms with Crippen LogP contribution >= 0.6 is 0 Å². The van der Waals surface area contributed by atoms with Gasteiger partial charge >= 0.3 is 0 Å². The van der Waals surface area contributed by atoms with Crippen molar-refractivity contribution in [3.63, 3.8) is 0 Å². The third-order valence-corrected chi connectivity index (χ3v) is 5.47. The standard InChI is InChI=1S/C22H26N4O2/c1-14-6-8-17(9-7-14)11-19-15(2)25-21-20(13-24-26(21)16(19)3)22(27)23-12-18-5-4-10-28-18/h6-9,13,18H,4-5,10-12H2,1-3H3,(H,23,27)/t18-/m1/s1. The second-order valence-electron chi connectivity index (χ2n) is 7.56. The van der Waals surface area contributed by atoms with E-state index in [0.717, 1.165) is 42.8 Å². The maximum atomic E-state index is 12.6. The Labute approximate surface area is 164 Å². The fourth-order valence-electron chi connectivity index (χ4n) is 3.74. The number of aromatic nitrogens is 3. The highest BCUT2D eigenvalue weighted by molar-refractivity contribution is 5.99. The highest BCUT2D eigenvalue weighted by Gasteiger charge is 2.21. The molecule has 2 aromatic heterocycles. The van der Waals surface area contributed by atoms with Crippen LogP contribution in [0.5, 0.6) is 0 Å². The topological polar surface area (TPSA) is 68.5 Å². The summed E-state index contributed by atoms with van der Waals surface area (Å²) in [6, 6.07) is 8.53. The predicted octanol–water partition coefficient (Wildman–Crippen LogP) is 3.15. The molecule has 3 heterocycles. The molecule has 0 unspecified atom stereocenters. The Kier molecular flexibility index (Phi) is 5.13. The largest absolute Gasteiger partial charge is 0.376 e. The minimum atomic E-state index is -0.150. The van der Waals surface area contributed by atoms with Crippen LogP contribution in [-0.4, -0.2) is 39.8 Å². The average molecular weight is 378 g/mol. The number of fused-ring (bicyclic) bond motifs is 1. The summed E-state index contributed by atoms with van der Waals surface area (Å²) in [5.41, 5.74) is 6.68. The highest BCUT2D eigenvalue weighted by Crippen LogP contribution is 2.21. The molecule has 6 nitrogen and oxygen atoms in total. The molecule has 1 amide bonds. The van der Waals surface area contributed by atoms with Gasteiger partial charge in [0.1, 0.15) is 5.56 Å². The molecule has 146 valence electrons. The van der Waals surface area contributed by atoms with Crippen molar-refractivity contribution in [2.75, 3.05) is 13.2 Å². The van der Waals surface area contributed by atoms with Gasteiger partial charge in [-0.05, 0) is 44.7 Å². The summed E-state index contributed by atoms with van der Waals surface area (Å²) in [6.45, 7) is 7.42. The summed E-state index contributed by atoms with van der Waals surface area (Å²) in [5.74, 6) is -0.150. The Morgan fingerprint density at radius 3 is 2.75 bits per heavy atom. The molecule has 1 fully saturated rings. The molecule has 6 heteroatoms. The SMILES string of the molecule is Cc1ccc(Cc2c(C)nc3c(C(=O)NC[C@H]4CCCO4)cnn3c2C)cc1. The van der Waals surface area contributed by atoms with E-state index in [1.54, 1.807) is 10.7 Å². The van der Waals surface area contributed by atoms with Crippen molar-refractivity contribution >= 4 is 11.6 Å². The number of amides is 1. The number of nitrogens with zero attached hydrogens (tertiary/aromatic N) is 3. The van der Waals surface area contributed by atoms with Gasteiger partial charge in [0.05, 0.1) is 12.3 Å². The number of carbonyl (C=O) groups is 1. The molecule has 4 rings (SSSR count). The van der Waals surface area contributed by atoms with Gasteiger partial charge in [0, 0.05) is 31.0 Å². The number of hydrogen-bond acceptors (Lipinski definition) is 4. The first-order chi connectivity index (χ1) is 13.5. The maximum Gasteiger partial charge on any atom is 0.256 e. The molecule has 0 bridgehead atoms. The van der Waals surface area contributed by atoms with E-state index in [0.29, 0.717) is 17.8 Å². The zero-order chi connectivity index (χ0) is 19.7. The smallest absolute Gasteiger partial charge is 0.256 e. The second kappa shape index (κ2) is 7.72. The number of benzene rings is 1.